The van der Waals surface area contributed by atoms with Crippen molar-refractivity contribution < 1.29 is 0 Å². The molecule has 0 bridgehead atoms. The van der Waals surface area contributed by atoms with Gasteiger partial charge in [-0.05, 0) is 5.92 Å². The van der Waals surface area contributed by atoms with Crippen LogP contribution in [0.4, 0.5) is 0 Å². The summed E-state index contributed by atoms with van der Waals surface area (Å²) in [6.45, 7) is 4.39. The fourth-order valence-corrected chi connectivity index (χ4v) is 1.90. The fourth-order valence-electron chi connectivity index (χ4n) is 0.690. The van der Waals surface area contributed by atoms with Gasteiger partial charge in [0.25, 0.3) is 0 Å². The standard InChI is InChI=1S/C7H10BrNS/c1-5(2)7(8)6-3-9-4-10-6/h3-5,7H,1-2H3. The van der Waals surface area contributed by atoms with E-state index >= 15 is 0 Å². The van der Waals surface area contributed by atoms with Gasteiger partial charge in [0.05, 0.1) is 10.3 Å². The van der Waals surface area contributed by atoms with E-state index in [9.17, 15) is 0 Å². The van der Waals surface area contributed by atoms with E-state index in [1.54, 1.807) is 11.3 Å². The van der Waals surface area contributed by atoms with Gasteiger partial charge in [0.2, 0.25) is 0 Å². The van der Waals surface area contributed by atoms with Crippen LogP contribution in [-0.2, 0) is 0 Å². The molecule has 0 spiro atoms. The Balaban J connectivity index is 2.68. The highest BCUT2D eigenvalue weighted by Gasteiger charge is 2.12. The Morgan fingerprint density at radius 1 is 1.60 bits per heavy atom. The summed E-state index contributed by atoms with van der Waals surface area (Å²) in [6, 6.07) is 0. The molecule has 0 saturated heterocycles. The van der Waals surface area contributed by atoms with Crippen molar-refractivity contribution in [2.45, 2.75) is 18.7 Å². The first-order chi connectivity index (χ1) is 4.72. The molecule has 56 valence electrons. The van der Waals surface area contributed by atoms with E-state index in [4.69, 9.17) is 0 Å². The maximum Gasteiger partial charge on any atom is 0.0794 e. The van der Waals surface area contributed by atoms with Gasteiger partial charge < -0.3 is 0 Å². The second-order valence-electron chi connectivity index (χ2n) is 2.55. The van der Waals surface area contributed by atoms with E-state index in [1.165, 1.54) is 4.88 Å². The Hall–Kier alpha value is 0.110. The van der Waals surface area contributed by atoms with Crippen molar-refractivity contribution >= 4 is 27.3 Å². The normalized spacial score (nSPS) is 14.0. The zero-order chi connectivity index (χ0) is 7.56. The lowest BCUT2D eigenvalue weighted by Gasteiger charge is -2.09. The molecular formula is C7H10BrNS. The minimum absolute atomic E-state index is 0.472. The van der Waals surface area contributed by atoms with Crippen molar-refractivity contribution in [2.24, 2.45) is 5.92 Å². The molecular weight excluding hydrogens is 210 g/mol. The maximum absolute atomic E-state index is 4.01. The molecule has 0 aliphatic rings. The Morgan fingerprint density at radius 2 is 2.30 bits per heavy atom. The van der Waals surface area contributed by atoms with Gasteiger partial charge in [-0.1, -0.05) is 29.8 Å². The zero-order valence-corrected chi connectivity index (χ0v) is 8.45. The van der Waals surface area contributed by atoms with Gasteiger partial charge in [0.1, 0.15) is 0 Å². The molecule has 0 saturated carbocycles. The van der Waals surface area contributed by atoms with Crippen LogP contribution in [0.1, 0.15) is 23.6 Å². The van der Waals surface area contributed by atoms with E-state index in [0.717, 1.165) is 0 Å². The average molecular weight is 220 g/mol. The number of hydrogen-bond acceptors (Lipinski definition) is 2. The number of nitrogens with zero attached hydrogens (tertiary/aromatic N) is 1. The molecule has 1 aromatic heterocycles. The quantitative estimate of drug-likeness (QED) is 0.697. The van der Waals surface area contributed by atoms with Gasteiger partial charge in [-0.25, -0.2) is 0 Å². The maximum atomic E-state index is 4.01. The second-order valence-corrected chi connectivity index (χ2v) is 4.45. The van der Waals surface area contributed by atoms with Crippen LogP contribution in [0.2, 0.25) is 0 Å². The van der Waals surface area contributed by atoms with Gasteiger partial charge in [0, 0.05) is 11.1 Å². The minimum Gasteiger partial charge on any atom is -0.253 e. The monoisotopic (exact) mass is 219 g/mol. The third kappa shape index (κ3) is 1.80. The molecule has 1 rings (SSSR count). The highest BCUT2D eigenvalue weighted by molar-refractivity contribution is 9.09. The molecule has 0 aliphatic heterocycles. The summed E-state index contributed by atoms with van der Waals surface area (Å²) < 4.78 is 0. The summed E-state index contributed by atoms with van der Waals surface area (Å²) in [5, 5.41) is 0. The third-order valence-electron chi connectivity index (χ3n) is 1.31. The molecule has 0 fully saturated rings. The number of rotatable bonds is 2. The third-order valence-corrected chi connectivity index (χ3v) is 4.02. The summed E-state index contributed by atoms with van der Waals surface area (Å²) in [5.41, 5.74) is 1.87. The van der Waals surface area contributed by atoms with E-state index in [0.29, 0.717) is 10.7 Å². The van der Waals surface area contributed by atoms with Gasteiger partial charge in [-0.2, -0.15) is 0 Å². The molecule has 0 aliphatic carbocycles. The summed E-state index contributed by atoms with van der Waals surface area (Å²) in [6.07, 6.45) is 1.92. The van der Waals surface area contributed by atoms with Gasteiger partial charge in [-0.15, -0.1) is 11.3 Å². The molecule has 1 nitrogen and oxygen atoms in total. The van der Waals surface area contributed by atoms with Crippen LogP contribution < -0.4 is 0 Å². The van der Waals surface area contributed by atoms with E-state index in [2.05, 4.69) is 34.8 Å². The number of hydrogen-bond donors (Lipinski definition) is 0. The van der Waals surface area contributed by atoms with Crippen LogP contribution in [0.15, 0.2) is 11.7 Å². The van der Waals surface area contributed by atoms with E-state index in [-0.39, 0.29) is 0 Å². The molecule has 1 atom stereocenters. The van der Waals surface area contributed by atoms with Crippen molar-refractivity contribution in [3.05, 3.63) is 16.6 Å². The van der Waals surface area contributed by atoms with Crippen molar-refractivity contribution in [1.82, 2.24) is 4.98 Å². The Kier molecular flexibility index (Phi) is 2.86. The van der Waals surface area contributed by atoms with Crippen molar-refractivity contribution in [1.29, 1.82) is 0 Å². The first-order valence-corrected chi connectivity index (χ1v) is 5.04. The molecule has 0 aromatic carbocycles. The second kappa shape index (κ2) is 3.49. The van der Waals surface area contributed by atoms with Crippen molar-refractivity contribution in [3.63, 3.8) is 0 Å². The lowest BCUT2D eigenvalue weighted by molar-refractivity contribution is 0.647. The van der Waals surface area contributed by atoms with Gasteiger partial charge in [0.15, 0.2) is 0 Å². The smallest absolute Gasteiger partial charge is 0.0794 e. The molecule has 0 amide bonds. The lowest BCUT2D eigenvalue weighted by atomic mass is 10.1. The summed E-state index contributed by atoms with van der Waals surface area (Å²) >= 11 is 5.30. The average Bonchev–Trinajstić information content (AvgIpc) is 2.36. The van der Waals surface area contributed by atoms with Gasteiger partial charge in [-0.3, -0.25) is 4.98 Å². The summed E-state index contributed by atoms with van der Waals surface area (Å²) in [4.78, 5) is 5.80. The molecule has 0 radical (unpaired) electrons. The van der Waals surface area contributed by atoms with E-state index < -0.39 is 0 Å². The Morgan fingerprint density at radius 3 is 2.70 bits per heavy atom. The van der Waals surface area contributed by atoms with Crippen molar-refractivity contribution in [3.8, 4) is 0 Å². The van der Waals surface area contributed by atoms with Crippen LogP contribution >= 0.6 is 27.3 Å². The van der Waals surface area contributed by atoms with Crippen LogP contribution in [-0.4, -0.2) is 4.98 Å². The highest BCUT2D eigenvalue weighted by atomic mass is 79.9. The van der Waals surface area contributed by atoms with Crippen LogP contribution in [0, 0.1) is 5.92 Å². The Labute approximate surface area is 73.6 Å². The first-order valence-electron chi connectivity index (χ1n) is 3.24. The van der Waals surface area contributed by atoms with Crippen LogP contribution in [0.25, 0.3) is 0 Å². The number of thiazole rings is 1. The predicted octanol–water partition coefficient (Wildman–Crippen LogP) is 3.24. The molecule has 10 heavy (non-hydrogen) atoms. The minimum atomic E-state index is 0.472. The summed E-state index contributed by atoms with van der Waals surface area (Å²) in [5.74, 6) is 0.639. The molecule has 1 heterocycles. The van der Waals surface area contributed by atoms with E-state index in [1.807, 2.05) is 11.7 Å². The number of aromatic nitrogens is 1. The summed E-state index contributed by atoms with van der Waals surface area (Å²) in [7, 11) is 0. The predicted molar refractivity (Wildman–Crippen MR) is 48.6 cm³/mol. The fraction of sp³-hybridized carbons (Fsp3) is 0.571. The first kappa shape index (κ1) is 8.21. The topological polar surface area (TPSA) is 12.9 Å². The number of halogens is 1. The zero-order valence-electron chi connectivity index (χ0n) is 6.04. The largest absolute Gasteiger partial charge is 0.253 e. The van der Waals surface area contributed by atoms with Crippen LogP contribution in [0.5, 0.6) is 0 Å². The molecule has 1 aromatic rings. The number of alkyl halides is 1. The SMILES string of the molecule is CC(C)C(Br)c1cncs1. The molecule has 1 unspecified atom stereocenters. The lowest BCUT2D eigenvalue weighted by Crippen LogP contribution is -1.95. The Bertz CT molecular complexity index is 183. The van der Waals surface area contributed by atoms with Crippen molar-refractivity contribution in [2.75, 3.05) is 0 Å². The van der Waals surface area contributed by atoms with Crippen LogP contribution in [0.3, 0.4) is 0 Å². The highest BCUT2D eigenvalue weighted by Crippen LogP contribution is 2.32. The van der Waals surface area contributed by atoms with Gasteiger partial charge >= 0.3 is 0 Å². The molecule has 3 heteroatoms. The molecule has 0 N–H and O–H groups in total.